The first-order valence-corrected chi connectivity index (χ1v) is 8.71. The highest BCUT2D eigenvalue weighted by Gasteiger charge is 2.07. The lowest BCUT2D eigenvalue weighted by molar-refractivity contribution is 0.422. The van der Waals surface area contributed by atoms with Crippen molar-refractivity contribution >= 4 is 17.3 Å². The number of aromatic nitrogens is 1. The minimum atomic E-state index is 0.564. The Hall–Kier alpha value is -2.60. The second kappa shape index (κ2) is 8.31. The van der Waals surface area contributed by atoms with Crippen LogP contribution in [-0.4, -0.2) is 24.7 Å². The third kappa shape index (κ3) is 4.45. The van der Waals surface area contributed by atoms with Gasteiger partial charge in [0.05, 0.1) is 6.54 Å². The molecule has 5 nitrogen and oxygen atoms in total. The fourth-order valence-corrected chi connectivity index (χ4v) is 3.00. The Morgan fingerprint density at radius 2 is 2.04 bits per heavy atom. The van der Waals surface area contributed by atoms with E-state index >= 15 is 0 Å². The molecule has 0 aliphatic heterocycles. The van der Waals surface area contributed by atoms with E-state index < -0.39 is 0 Å². The second-order valence-electron chi connectivity index (χ2n) is 5.23. The smallest absolute Gasteiger partial charge is 0.191 e. The number of benzene rings is 1. The number of nitrogens with zero attached hydrogens (tertiary/aromatic N) is 2. The highest BCUT2D eigenvalue weighted by Crippen LogP contribution is 2.19. The normalized spacial score (nSPS) is 11.5. The van der Waals surface area contributed by atoms with Crippen molar-refractivity contribution in [1.29, 1.82) is 0 Å². The molecule has 0 atom stereocenters. The molecule has 0 saturated heterocycles. The van der Waals surface area contributed by atoms with Gasteiger partial charge in [0.25, 0.3) is 0 Å². The molecule has 6 heteroatoms. The van der Waals surface area contributed by atoms with Crippen molar-refractivity contribution < 1.29 is 4.52 Å². The Bertz CT molecular complexity index is 765. The molecule has 2 heterocycles. The fraction of sp³-hybridized carbons (Fsp3) is 0.222. The topological polar surface area (TPSA) is 62.5 Å². The van der Waals surface area contributed by atoms with Crippen LogP contribution in [0.5, 0.6) is 0 Å². The second-order valence-corrected chi connectivity index (χ2v) is 6.26. The van der Waals surface area contributed by atoms with Crippen molar-refractivity contribution in [2.24, 2.45) is 4.99 Å². The molecule has 24 heavy (non-hydrogen) atoms. The summed E-state index contributed by atoms with van der Waals surface area (Å²) in [4.78, 5) is 5.59. The lowest BCUT2D eigenvalue weighted by Crippen LogP contribution is -2.37. The van der Waals surface area contributed by atoms with Crippen molar-refractivity contribution in [1.82, 2.24) is 15.8 Å². The highest BCUT2D eigenvalue weighted by atomic mass is 32.1. The third-order valence-corrected chi connectivity index (χ3v) is 4.46. The van der Waals surface area contributed by atoms with Gasteiger partial charge in [0.15, 0.2) is 11.7 Å². The van der Waals surface area contributed by atoms with E-state index in [1.807, 2.05) is 36.4 Å². The fourth-order valence-electron chi connectivity index (χ4n) is 2.29. The van der Waals surface area contributed by atoms with Gasteiger partial charge >= 0.3 is 0 Å². The summed E-state index contributed by atoms with van der Waals surface area (Å²) < 4.78 is 5.40. The molecule has 0 fully saturated rings. The van der Waals surface area contributed by atoms with Gasteiger partial charge in [-0.15, -0.1) is 11.3 Å². The van der Waals surface area contributed by atoms with Crippen LogP contribution in [0, 0.1) is 0 Å². The molecule has 0 radical (unpaired) electrons. The third-order valence-electron chi connectivity index (χ3n) is 3.52. The molecule has 124 valence electrons. The van der Waals surface area contributed by atoms with Crippen molar-refractivity contribution in [2.45, 2.75) is 13.0 Å². The molecule has 1 aromatic carbocycles. The van der Waals surface area contributed by atoms with Crippen molar-refractivity contribution in [3.05, 3.63) is 64.5 Å². The maximum atomic E-state index is 5.40. The number of nitrogens with one attached hydrogen (secondary N) is 2. The van der Waals surface area contributed by atoms with Gasteiger partial charge in [-0.1, -0.05) is 41.6 Å². The van der Waals surface area contributed by atoms with Gasteiger partial charge in [-0.2, -0.15) is 0 Å². The van der Waals surface area contributed by atoms with E-state index in [4.69, 9.17) is 4.52 Å². The van der Waals surface area contributed by atoms with Crippen LogP contribution in [0.1, 0.15) is 10.6 Å². The summed E-state index contributed by atoms with van der Waals surface area (Å²) in [5, 5.41) is 12.7. The summed E-state index contributed by atoms with van der Waals surface area (Å²) in [6.07, 6.45) is 0.987. The zero-order valence-corrected chi connectivity index (χ0v) is 14.3. The molecule has 0 aliphatic carbocycles. The minimum Gasteiger partial charge on any atom is -0.356 e. The molecule has 0 saturated carbocycles. The standard InChI is InChI=1S/C18H20N4OS/c1-19-18(20-10-9-16-8-5-11-24-16)21-13-15-12-17(23-22-15)14-6-3-2-4-7-14/h2-8,11-12H,9-10,13H2,1H3,(H2,19,20,21). The van der Waals surface area contributed by atoms with Crippen LogP contribution in [-0.2, 0) is 13.0 Å². The van der Waals surface area contributed by atoms with Crippen LogP contribution in [0.2, 0.25) is 0 Å². The van der Waals surface area contributed by atoms with Gasteiger partial charge in [-0.3, -0.25) is 4.99 Å². The Labute approximate surface area is 145 Å². The molecular weight excluding hydrogens is 320 g/mol. The zero-order chi connectivity index (χ0) is 16.6. The van der Waals surface area contributed by atoms with Gasteiger partial charge in [0, 0.05) is 30.1 Å². The minimum absolute atomic E-state index is 0.564. The number of aliphatic imine (C=N–C) groups is 1. The Kier molecular flexibility index (Phi) is 5.63. The molecule has 3 aromatic rings. The van der Waals surface area contributed by atoms with E-state index in [0.29, 0.717) is 6.54 Å². The van der Waals surface area contributed by atoms with Crippen LogP contribution in [0.25, 0.3) is 11.3 Å². The van der Waals surface area contributed by atoms with E-state index in [-0.39, 0.29) is 0 Å². The number of guanidine groups is 1. The molecule has 0 spiro atoms. The molecular formula is C18H20N4OS. The lowest BCUT2D eigenvalue weighted by atomic mass is 10.2. The van der Waals surface area contributed by atoms with Gasteiger partial charge in [0.1, 0.15) is 5.69 Å². The average Bonchev–Trinajstić information content (AvgIpc) is 3.30. The summed E-state index contributed by atoms with van der Waals surface area (Å²) in [5.74, 6) is 1.53. The molecule has 0 bridgehead atoms. The molecule has 0 unspecified atom stereocenters. The molecule has 2 aromatic heterocycles. The molecule has 2 N–H and O–H groups in total. The van der Waals surface area contributed by atoms with Crippen molar-refractivity contribution in [3.63, 3.8) is 0 Å². The first-order valence-electron chi connectivity index (χ1n) is 7.83. The average molecular weight is 340 g/mol. The SMILES string of the molecule is CN=C(NCCc1cccs1)NCc1cc(-c2ccccc2)on1. The predicted octanol–water partition coefficient (Wildman–Crippen LogP) is 3.31. The summed E-state index contributed by atoms with van der Waals surface area (Å²) in [7, 11) is 1.76. The molecule has 0 aliphatic rings. The van der Waals surface area contributed by atoms with Gasteiger partial charge in [0.2, 0.25) is 0 Å². The number of hydrogen-bond donors (Lipinski definition) is 2. The van der Waals surface area contributed by atoms with Gasteiger partial charge in [-0.25, -0.2) is 0 Å². The van der Waals surface area contributed by atoms with E-state index in [2.05, 4.69) is 38.3 Å². The van der Waals surface area contributed by atoms with E-state index in [1.54, 1.807) is 18.4 Å². The largest absolute Gasteiger partial charge is 0.356 e. The molecule has 3 rings (SSSR count). The number of hydrogen-bond acceptors (Lipinski definition) is 4. The van der Waals surface area contributed by atoms with Crippen molar-refractivity contribution in [2.75, 3.05) is 13.6 Å². The Balaban J connectivity index is 1.48. The van der Waals surface area contributed by atoms with Crippen LogP contribution in [0.4, 0.5) is 0 Å². The first kappa shape index (κ1) is 16.3. The van der Waals surface area contributed by atoms with Crippen LogP contribution in [0.15, 0.2) is 63.4 Å². The van der Waals surface area contributed by atoms with Gasteiger partial charge < -0.3 is 15.2 Å². The predicted molar refractivity (Wildman–Crippen MR) is 98.2 cm³/mol. The highest BCUT2D eigenvalue weighted by molar-refractivity contribution is 7.09. The first-order chi connectivity index (χ1) is 11.8. The maximum Gasteiger partial charge on any atom is 0.191 e. The van der Waals surface area contributed by atoms with Crippen LogP contribution < -0.4 is 10.6 Å². The van der Waals surface area contributed by atoms with Crippen molar-refractivity contribution in [3.8, 4) is 11.3 Å². The Morgan fingerprint density at radius 1 is 1.17 bits per heavy atom. The van der Waals surface area contributed by atoms with Crippen LogP contribution in [0.3, 0.4) is 0 Å². The van der Waals surface area contributed by atoms with E-state index in [9.17, 15) is 0 Å². The van der Waals surface area contributed by atoms with E-state index in [0.717, 1.165) is 35.9 Å². The summed E-state index contributed by atoms with van der Waals surface area (Å²) >= 11 is 1.77. The zero-order valence-electron chi connectivity index (χ0n) is 13.5. The molecule has 0 amide bonds. The summed E-state index contributed by atoms with van der Waals surface area (Å²) in [6, 6.07) is 16.1. The monoisotopic (exact) mass is 340 g/mol. The summed E-state index contributed by atoms with van der Waals surface area (Å²) in [6.45, 7) is 1.41. The quantitative estimate of drug-likeness (QED) is 0.534. The van der Waals surface area contributed by atoms with E-state index in [1.165, 1.54) is 4.88 Å². The van der Waals surface area contributed by atoms with Crippen LogP contribution >= 0.6 is 11.3 Å². The van der Waals surface area contributed by atoms with Gasteiger partial charge in [-0.05, 0) is 17.9 Å². The number of rotatable bonds is 6. The maximum absolute atomic E-state index is 5.40. The number of thiophene rings is 1. The summed E-state index contributed by atoms with van der Waals surface area (Å²) in [5.41, 5.74) is 1.87. The Morgan fingerprint density at radius 3 is 2.79 bits per heavy atom. The lowest BCUT2D eigenvalue weighted by Gasteiger charge is -2.10.